The number of carbonyl (C=O) groups excluding carboxylic acids is 2. The number of carboxylic acids is 1. The van der Waals surface area contributed by atoms with Crippen LogP contribution in [0.5, 0.6) is 23.0 Å². The summed E-state index contributed by atoms with van der Waals surface area (Å²) < 4.78 is 16.0. The monoisotopic (exact) mass is 376 g/mol. The number of hydrogen-bond acceptors (Lipinski definition) is 6. The van der Waals surface area contributed by atoms with Crippen LogP contribution in [0.1, 0.15) is 31.1 Å². The highest BCUT2D eigenvalue weighted by molar-refractivity contribution is 6.14. The first-order valence-corrected chi connectivity index (χ1v) is 8.19. The summed E-state index contributed by atoms with van der Waals surface area (Å²) in [6, 6.07) is 17.3. The molecule has 4 rings (SSSR count). The van der Waals surface area contributed by atoms with Crippen LogP contribution in [0.3, 0.4) is 0 Å². The summed E-state index contributed by atoms with van der Waals surface area (Å²) in [6.45, 7) is 0. The van der Waals surface area contributed by atoms with Gasteiger partial charge < -0.3 is 19.3 Å². The number of hydrogen-bond donors (Lipinski definition) is 1. The van der Waals surface area contributed by atoms with E-state index in [9.17, 15) is 14.4 Å². The predicted octanol–water partition coefficient (Wildman–Crippen LogP) is 4.28. The molecule has 1 heterocycles. The van der Waals surface area contributed by atoms with Crippen LogP contribution in [0.15, 0.2) is 66.7 Å². The second kappa shape index (κ2) is 6.88. The number of carboxylic acid groups (broad SMARTS) is 1. The summed E-state index contributed by atoms with van der Waals surface area (Å²) in [7, 11) is 0. The average Bonchev–Trinajstić information content (AvgIpc) is 2.96. The average molecular weight is 376 g/mol. The number of cyclic esters (lactones) is 2. The van der Waals surface area contributed by atoms with Crippen molar-refractivity contribution in [1.82, 2.24) is 0 Å². The zero-order valence-corrected chi connectivity index (χ0v) is 14.2. The molecule has 28 heavy (non-hydrogen) atoms. The van der Waals surface area contributed by atoms with Crippen molar-refractivity contribution in [3.8, 4) is 23.0 Å². The SMILES string of the molecule is O=C(O)c1cccc(Oc2cccc(Oc3ccc4c(c3)C(=O)OC4=O)c2)c1. The molecule has 3 aromatic rings. The molecule has 0 spiro atoms. The maximum Gasteiger partial charge on any atom is 0.347 e. The lowest BCUT2D eigenvalue weighted by Gasteiger charge is -2.10. The molecule has 7 heteroatoms. The van der Waals surface area contributed by atoms with Crippen LogP contribution in [0, 0.1) is 0 Å². The summed E-state index contributed by atoms with van der Waals surface area (Å²) >= 11 is 0. The van der Waals surface area contributed by atoms with Gasteiger partial charge in [-0.3, -0.25) is 0 Å². The number of rotatable bonds is 5. The van der Waals surface area contributed by atoms with Gasteiger partial charge in [-0.05, 0) is 48.5 Å². The maximum atomic E-state index is 11.7. The van der Waals surface area contributed by atoms with E-state index in [-0.39, 0.29) is 16.7 Å². The van der Waals surface area contributed by atoms with Crippen molar-refractivity contribution in [2.75, 3.05) is 0 Å². The summed E-state index contributed by atoms with van der Waals surface area (Å²) in [4.78, 5) is 34.2. The maximum absolute atomic E-state index is 11.7. The highest BCUT2D eigenvalue weighted by Crippen LogP contribution is 2.31. The highest BCUT2D eigenvalue weighted by Gasteiger charge is 2.29. The van der Waals surface area contributed by atoms with Gasteiger partial charge in [-0.15, -0.1) is 0 Å². The van der Waals surface area contributed by atoms with Crippen molar-refractivity contribution in [1.29, 1.82) is 0 Å². The van der Waals surface area contributed by atoms with Gasteiger partial charge in [0.1, 0.15) is 23.0 Å². The van der Waals surface area contributed by atoms with Gasteiger partial charge in [-0.1, -0.05) is 12.1 Å². The van der Waals surface area contributed by atoms with Crippen LogP contribution in [-0.4, -0.2) is 23.0 Å². The van der Waals surface area contributed by atoms with E-state index in [4.69, 9.17) is 14.6 Å². The molecule has 0 fully saturated rings. The minimum atomic E-state index is -1.05. The smallest absolute Gasteiger partial charge is 0.347 e. The van der Waals surface area contributed by atoms with Crippen LogP contribution >= 0.6 is 0 Å². The standard InChI is InChI=1S/C21H12O7/c22-19(23)12-3-1-4-13(9-12)26-14-5-2-6-15(10-14)27-16-7-8-17-18(11-16)21(25)28-20(17)24/h1-11H,(H,22,23). The molecule has 1 N–H and O–H groups in total. The number of fused-ring (bicyclic) bond motifs is 1. The molecule has 3 aromatic carbocycles. The van der Waals surface area contributed by atoms with E-state index in [0.29, 0.717) is 23.0 Å². The Morgan fingerprint density at radius 1 is 0.714 bits per heavy atom. The molecule has 1 aliphatic rings. The van der Waals surface area contributed by atoms with E-state index in [1.165, 1.54) is 24.3 Å². The Bertz CT molecular complexity index is 1120. The fraction of sp³-hybridized carbons (Fsp3) is 0. The van der Waals surface area contributed by atoms with Crippen molar-refractivity contribution in [3.05, 3.63) is 83.4 Å². The molecule has 0 bridgehead atoms. The van der Waals surface area contributed by atoms with Gasteiger partial charge >= 0.3 is 17.9 Å². The predicted molar refractivity (Wildman–Crippen MR) is 96.2 cm³/mol. The molecular weight excluding hydrogens is 364 g/mol. The van der Waals surface area contributed by atoms with Crippen LogP contribution < -0.4 is 9.47 Å². The van der Waals surface area contributed by atoms with E-state index in [2.05, 4.69) is 4.74 Å². The lowest BCUT2D eigenvalue weighted by Crippen LogP contribution is -1.96. The van der Waals surface area contributed by atoms with E-state index < -0.39 is 17.9 Å². The van der Waals surface area contributed by atoms with E-state index >= 15 is 0 Å². The Balaban J connectivity index is 1.54. The molecule has 0 atom stereocenters. The van der Waals surface area contributed by atoms with Gasteiger partial charge in [0.05, 0.1) is 16.7 Å². The Kier molecular flexibility index (Phi) is 4.25. The topological polar surface area (TPSA) is 99.1 Å². The van der Waals surface area contributed by atoms with Gasteiger partial charge in [0.25, 0.3) is 0 Å². The first kappa shape index (κ1) is 17.3. The zero-order chi connectivity index (χ0) is 19.7. The number of carbonyl (C=O) groups is 3. The summed E-state index contributed by atoms with van der Waals surface area (Å²) in [5.41, 5.74) is 0.470. The fourth-order valence-electron chi connectivity index (χ4n) is 2.69. The molecule has 0 aromatic heterocycles. The summed E-state index contributed by atoms with van der Waals surface area (Å²) in [5.74, 6) is -0.825. The van der Waals surface area contributed by atoms with Crippen LogP contribution in [0.4, 0.5) is 0 Å². The number of aromatic carboxylic acids is 1. The van der Waals surface area contributed by atoms with E-state index in [1.807, 2.05) is 0 Å². The first-order chi connectivity index (χ1) is 13.5. The minimum Gasteiger partial charge on any atom is -0.478 e. The zero-order valence-electron chi connectivity index (χ0n) is 14.2. The normalized spacial score (nSPS) is 12.3. The number of benzene rings is 3. The Labute approximate surface area is 158 Å². The molecule has 0 amide bonds. The molecule has 138 valence electrons. The third kappa shape index (κ3) is 3.41. The fourth-order valence-corrected chi connectivity index (χ4v) is 2.69. The second-order valence-corrected chi connectivity index (χ2v) is 5.90. The van der Waals surface area contributed by atoms with Gasteiger partial charge in [0, 0.05) is 6.07 Å². The quantitative estimate of drug-likeness (QED) is 0.524. The molecule has 1 aliphatic heterocycles. The lowest BCUT2D eigenvalue weighted by molar-refractivity contribution is 0.0443. The van der Waals surface area contributed by atoms with E-state index in [0.717, 1.165) is 0 Å². The van der Waals surface area contributed by atoms with Crippen molar-refractivity contribution < 1.29 is 33.7 Å². The molecule has 0 unspecified atom stereocenters. The third-order valence-corrected chi connectivity index (χ3v) is 3.97. The lowest BCUT2D eigenvalue weighted by atomic mass is 10.1. The Hall–Kier alpha value is -4.13. The van der Waals surface area contributed by atoms with Crippen molar-refractivity contribution >= 4 is 17.9 Å². The van der Waals surface area contributed by atoms with Crippen molar-refractivity contribution in [2.45, 2.75) is 0 Å². The molecule has 0 saturated heterocycles. The Morgan fingerprint density at radius 2 is 1.29 bits per heavy atom. The highest BCUT2D eigenvalue weighted by atomic mass is 16.6. The first-order valence-electron chi connectivity index (χ1n) is 8.19. The summed E-state index contributed by atoms with van der Waals surface area (Å²) in [5, 5.41) is 9.06. The van der Waals surface area contributed by atoms with Gasteiger partial charge in [-0.2, -0.15) is 0 Å². The van der Waals surface area contributed by atoms with Crippen molar-refractivity contribution in [2.24, 2.45) is 0 Å². The van der Waals surface area contributed by atoms with Crippen LogP contribution in [0.2, 0.25) is 0 Å². The molecule has 0 aliphatic carbocycles. The molecule has 7 nitrogen and oxygen atoms in total. The molecule has 0 saturated carbocycles. The molecule has 0 radical (unpaired) electrons. The summed E-state index contributed by atoms with van der Waals surface area (Å²) in [6.07, 6.45) is 0. The van der Waals surface area contributed by atoms with Gasteiger partial charge in [-0.25, -0.2) is 14.4 Å². The van der Waals surface area contributed by atoms with Crippen LogP contribution in [0.25, 0.3) is 0 Å². The third-order valence-electron chi connectivity index (χ3n) is 3.97. The largest absolute Gasteiger partial charge is 0.478 e. The van der Waals surface area contributed by atoms with Gasteiger partial charge in [0.2, 0.25) is 0 Å². The van der Waals surface area contributed by atoms with Crippen LogP contribution in [-0.2, 0) is 4.74 Å². The number of esters is 2. The van der Waals surface area contributed by atoms with Gasteiger partial charge in [0.15, 0.2) is 0 Å². The van der Waals surface area contributed by atoms with Crippen molar-refractivity contribution in [3.63, 3.8) is 0 Å². The number of ether oxygens (including phenoxy) is 3. The van der Waals surface area contributed by atoms with E-state index in [1.54, 1.807) is 42.5 Å². The second-order valence-electron chi connectivity index (χ2n) is 5.90. The Morgan fingerprint density at radius 3 is 1.96 bits per heavy atom. The molecular formula is C21H12O7. The minimum absolute atomic E-state index is 0.115.